The normalized spacial score (nSPS) is 14.0. The fraction of sp³-hybridized carbons (Fsp3) is 0.125. The first-order chi connectivity index (χ1) is 15.5. The van der Waals surface area contributed by atoms with Crippen LogP contribution in [0.4, 0.5) is 0 Å². The van der Waals surface area contributed by atoms with Gasteiger partial charge >= 0.3 is 5.97 Å². The van der Waals surface area contributed by atoms with Gasteiger partial charge in [-0.3, -0.25) is 14.9 Å². The van der Waals surface area contributed by atoms with Gasteiger partial charge in [0, 0.05) is 11.1 Å². The third kappa shape index (κ3) is 4.11. The number of fused-ring (bicyclic) bond motifs is 1. The molecule has 0 bridgehead atoms. The van der Waals surface area contributed by atoms with Crippen LogP contribution in [-0.2, 0) is 16.1 Å². The van der Waals surface area contributed by atoms with Gasteiger partial charge in [0.05, 0.1) is 14.2 Å². The zero-order valence-corrected chi connectivity index (χ0v) is 17.3. The van der Waals surface area contributed by atoms with Gasteiger partial charge in [-0.05, 0) is 47.5 Å². The van der Waals surface area contributed by atoms with E-state index >= 15 is 0 Å². The smallest absolute Gasteiger partial charge is 0.373 e. The number of methoxy groups -OCH3 is 2. The zero-order chi connectivity index (χ0) is 22.7. The number of hydrogen-bond donors (Lipinski definition) is 1. The molecule has 8 heteroatoms. The van der Waals surface area contributed by atoms with Crippen molar-refractivity contribution in [2.24, 2.45) is 0 Å². The number of carbonyl (C=O) groups is 3. The van der Waals surface area contributed by atoms with Crippen LogP contribution in [0.3, 0.4) is 0 Å². The summed E-state index contributed by atoms with van der Waals surface area (Å²) >= 11 is 0. The molecule has 8 nitrogen and oxygen atoms in total. The Bertz CT molecular complexity index is 1240. The first kappa shape index (κ1) is 20.9. The summed E-state index contributed by atoms with van der Waals surface area (Å²) < 4.78 is 21.2. The number of imide groups is 1. The molecule has 0 radical (unpaired) electrons. The van der Waals surface area contributed by atoms with E-state index in [2.05, 4.69) is 10.1 Å². The fourth-order valence-corrected chi connectivity index (χ4v) is 3.29. The Morgan fingerprint density at radius 3 is 2.50 bits per heavy atom. The predicted molar refractivity (Wildman–Crippen MR) is 114 cm³/mol. The van der Waals surface area contributed by atoms with E-state index in [0.717, 1.165) is 0 Å². The number of amides is 2. The molecule has 0 saturated heterocycles. The van der Waals surface area contributed by atoms with Gasteiger partial charge in [0.15, 0.2) is 11.5 Å². The lowest BCUT2D eigenvalue weighted by Gasteiger charge is -2.18. The molecule has 0 saturated carbocycles. The van der Waals surface area contributed by atoms with E-state index in [1.807, 2.05) is 0 Å². The maximum absolute atomic E-state index is 12.4. The van der Waals surface area contributed by atoms with Crippen LogP contribution in [0.2, 0.25) is 0 Å². The Labute approximate surface area is 183 Å². The maximum atomic E-state index is 12.4. The fourth-order valence-electron chi connectivity index (χ4n) is 3.29. The third-order valence-corrected chi connectivity index (χ3v) is 4.85. The van der Waals surface area contributed by atoms with Crippen LogP contribution < -0.4 is 14.8 Å². The van der Waals surface area contributed by atoms with Crippen LogP contribution in [0.1, 0.15) is 37.8 Å². The second-order valence-corrected chi connectivity index (χ2v) is 6.84. The summed E-state index contributed by atoms with van der Waals surface area (Å²) in [5.74, 6) is -0.0248. The summed E-state index contributed by atoms with van der Waals surface area (Å²) in [6, 6.07) is 15.2. The monoisotopic (exact) mass is 433 g/mol. The van der Waals surface area contributed by atoms with Crippen molar-refractivity contribution in [3.05, 3.63) is 82.8 Å². The average molecular weight is 433 g/mol. The standard InChI is InChI=1S/C24H19NO7/c1-29-21-12-14(11-18-16-5-3-4-6-17(16)22(26)25-23(18)27)7-9-19(21)31-13-15-8-10-20(32-15)24(28)30-2/h3-12H,13H2,1-2H3,(H,25,26,27)/b18-11-. The molecule has 32 heavy (non-hydrogen) atoms. The lowest BCUT2D eigenvalue weighted by Crippen LogP contribution is -2.36. The van der Waals surface area contributed by atoms with Gasteiger partial charge < -0.3 is 18.6 Å². The molecule has 0 fully saturated rings. The number of ether oxygens (including phenoxy) is 3. The molecule has 4 rings (SSSR count). The molecule has 0 unspecified atom stereocenters. The Hall–Kier alpha value is -4.33. The number of nitrogens with one attached hydrogen (secondary N) is 1. The molecule has 1 aromatic heterocycles. The first-order valence-corrected chi connectivity index (χ1v) is 9.65. The van der Waals surface area contributed by atoms with E-state index in [0.29, 0.717) is 39.5 Å². The molecule has 2 aromatic carbocycles. The largest absolute Gasteiger partial charge is 0.493 e. The van der Waals surface area contributed by atoms with Crippen LogP contribution >= 0.6 is 0 Å². The molecule has 1 aliphatic rings. The van der Waals surface area contributed by atoms with Crippen LogP contribution in [-0.4, -0.2) is 32.0 Å². The van der Waals surface area contributed by atoms with Gasteiger partial charge in [-0.25, -0.2) is 4.79 Å². The Kier molecular flexibility index (Phi) is 5.76. The molecule has 2 amide bonds. The lowest BCUT2D eigenvalue weighted by atomic mass is 9.93. The van der Waals surface area contributed by atoms with E-state index in [4.69, 9.17) is 13.9 Å². The minimum absolute atomic E-state index is 0.0751. The number of esters is 1. The summed E-state index contributed by atoms with van der Waals surface area (Å²) in [5, 5.41) is 2.35. The van der Waals surface area contributed by atoms with Gasteiger partial charge in [-0.15, -0.1) is 0 Å². The Morgan fingerprint density at radius 2 is 1.75 bits per heavy atom. The Morgan fingerprint density at radius 1 is 0.969 bits per heavy atom. The minimum atomic E-state index is -0.568. The summed E-state index contributed by atoms with van der Waals surface area (Å²) in [6.45, 7) is 0.0751. The number of furan rings is 1. The number of rotatable bonds is 6. The molecule has 162 valence electrons. The minimum Gasteiger partial charge on any atom is -0.493 e. The molecular weight excluding hydrogens is 414 g/mol. The number of benzene rings is 2. The van der Waals surface area contributed by atoms with Crippen molar-refractivity contribution in [3.8, 4) is 11.5 Å². The van der Waals surface area contributed by atoms with E-state index in [-0.39, 0.29) is 12.4 Å². The van der Waals surface area contributed by atoms with Gasteiger partial charge in [-0.2, -0.15) is 0 Å². The highest BCUT2D eigenvalue weighted by atomic mass is 16.5. The highest BCUT2D eigenvalue weighted by Crippen LogP contribution is 2.32. The Balaban J connectivity index is 1.57. The van der Waals surface area contributed by atoms with E-state index in [9.17, 15) is 14.4 Å². The third-order valence-electron chi connectivity index (χ3n) is 4.85. The topological polar surface area (TPSA) is 104 Å². The van der Waals surface area contributed by atoms with Gasteiger partial charge in [0.2, 0.25) is 5.76 Å². The van der Waals surface area contributed by atoms with Crippen molar-refractivity contribution in [2.75, 3.05) is 14.2 Å². The molecule has 1 aliphatic heterocycles. The SMILES string of the molecule is COC(=O)c1ccc(COc2ccc(/C=C3\C(=O)NC(=O)c4ccccc43)cc2OC)o1. The van der Waals surface area contributed by atoms with Crippen LogP contribution in [0.15, 0.2) is 59.0 Å². The van der Waals surface area contributed by atoms with E-state index in [1.165, 1.54) is 20.3 Å². The zero-order valence-electron chi connectivity index (χ0n) is 17.3. The average Bonchev–Trinajstić information content (AvgIpc) is 3.29. The molecule has 2 heterocycles. The van der Waals surface area contributed by atoms with Crippen LogP contribution in [0, 0.1) is 0 Å². The summed E-state index contributed by atoms with van der Waals surface area (Å²) in [6.07, 6.45) is 1.68. The van der Waals surface area contributed by atoms with Gasteiger partial charge in [0.1, 0.15) is 12.4 Å². The maximum Gasteiger partial charge on any atom is 0.373 e. The quantitative estimate of drug-likeness (QED) is 0.361. The molecule has 0 spiro atoms. The number of hydrogen-bond acceptors (Lipinski definition) is 7. The van der Waals surface area contributed by atoms with Crippen LogP contribution in [0.5, 0.6) is 11.5 Å². The predicted octanol–water partition coefficient (Wildman–Crippen LogP) is 3.46. The summed E-state index contributed by atoms with van der Waals surface area (Å²) in [5.41, 5.74) is 2.08. The van der Waals surface area contributed by atoms with Crippen LogP contribution in [0.25, 0.3) is 11.6 Å². The highest BCUT2D eigenvalue weighted by Gasteiger charge is 2.26. The van der Waals surface area contributed by atoms with E-state index < -0.39 is 17.8 Å². The second kappa shape index (κ2) is 8.81. The second-order valence-electron chi connectivity index (χ2n) is 6.84. The molecule has 1 N–H and O–H groups in total. The van der Waals surface area contributed by atoms with Crippen molar-refractivity contribution in [1.29, 1.82) is 0 Å². The first-order valence-electron chi connectivity index (χ1n) is 9.65. The molecule has 3 aromatic rings. The van der Waals surface area contributed by atoms with E-state index in [1.54, 1.807) is 54.6 Å². The highest BCUT2D eigenvalue weighted by molar-refractivity contribution is 6.33. The van der Waals surface area contributed by atoms with Gasteiger partial charge in [0.25, 0.3) is 11.8 Å². The summed E-state index contributed by atoms with van der Waals surface area (Å²) in [4.78, 5) is 36.0. The van der Waals surface area contributed by atoms with Crippen molar-refractivity contribution >= 4 is 29.4 Å². The van der Waals surface area contributed by atoms with Gasteiger partial charge in [-0.1, -0.05) is 24.3 Å². The van der Waals surface area contributed by atoms with Crippen molar-refractivity contribution in [3.63, 3.8) is 0 Å². The van der Waals surface area contributed by atoms with Crippen molar-refractivity contribution < 1.29 is 33.0 Å². The molecular formula is C24H19NO7. The molecule has 0 aliphatic carbocycles. The van der Waals surface area contributed by atoms with Crippen molar-refractivity contribution in [1.82, 2.24) is 5.32 Å². The summed E-state index contributed by atoms with van der Waals surface area (Å²) in [7, 11) is 2.78. The lowest BCUT2D eigenvalue weighted by molar-refractivity contribution is -0.114. The van der Waals surface area contributed by atoms with Crippen molar-refractivity contribution in [2.45, 2.75) is 6.61 Å². The number of carbonyl (C=O) groups excluding carboxylic acids is 3. The molecule has 0 atom stereocenters.